The van der Waals surface area contributed by atoms with Gasteiger partial charge in [-0.2, -0.15) is 0 Å². The zero-order chi connectivity index (χ0) is 18.4. The third-order valence-electron chi connectivity index (χ3n) is 3.47. The molecule has 0 heterocycles. The van der Waals surface area contributed by atoms with Gasteiger partial charge in [-0.05, 0) is 6.42 Å². The van der Waals surface area contributed by atoms with Crippen molar-refractivity contribution in [1.82, 2.24) is 10.6 Å². The third-order valence-corrected chi connectivity index (χ3v) is 3.47. The summed E-state index contributed by atoms with van der Waals surface area (Å²) in [5.74, 6) is 0.0930. The number of ketones is 1. The number of hydrogen-bond donors (Lipinski definition) is 2. The van der Waals surface area contributed by atoms with E-state index in [1.165, 1.54) is 0 Å². The summed E-state index contributed by atoms with van der Waals surface area (Å²) in [5.41, 5.74) is -0.391. The minimum Gasteiger partial charge on any atom is -0.379 e. The van der Waals surface area contributed by atoms with Gasteiger partial charge in [0.05, 0.1) is 26.4 Å². The van der Waals surface area contributed by atoms with Gasteiger partial charge >= 0.3 is 0 Å². The van der Waals surface area contributed by atoms with Gasteiger partial charge in [-0.1, -0.05) is 34.6 Å². The van der Waals surface area contributed by atoms with E-state index in [1.54, 1.807) is 0 Å². The molecular weight excluding hydrogens is 311 g/mol. The van der Waals surface area contributed by atoms with Gasteiger partial charge in [0.1, 0.15) is 12.0 Å². The molecule has 0 aliphatic rings. The Morgan fingerprint density at radius 2 is 1.62 bits per heavy atom. The number of carbonyl (C=O) groups excluding carboxylic acids is 1. The summed E-state index contributed by atoms with van der Waals surface area (Å²) in [4.78, 5) is 11.7. The normalized spacial score (nSPS) is 13.5. The fourth-order valence-corrected chi connectivity index (χ4v) is 1.89. The maximum atomic E-state index is 13.6. The van der Waals surface area contributed by atoms with Crippen molar-refractivity contribution < 1.29 is 18.7 Å². The van der Waals surface area contributed by atoms with Crippen LogP contribution in [0.25, 0.3) is 0 Å². The molecule has 2 N–H and O–H groups in total. The van der Waals surface area contributed by atoms with Gasteiger partial charge in [-0.15, -0.1) is 0 Å². The fraction of sp³-hybridized carbons (Fsp3) is 0.944. The van der Waals surface area contributed by atoms with Crippen LogP contribution in [0.2, 0.25) is 0 Å². The van der Waals surface area contributed by atoms with Crippen LogP contribution in [-0.4, -0.2) is 64.1 Å². The van der Waals surface area contributed by atoms with Crippen LogP contribution >= 0.6 is 0 Å². The van der Waals surface area contributed by atoms with Gasteiger partial charge < -0.3 is 20.1 Å². The molecule has 0 bridgehead atoms. The molecule has 0 amide bonds. The van der Waals surface area contributed by atoms with E-state index in [9.17, 15) is 9.18 Å². The van der Waals surface area contributed by atoms with Crippen molar-refractivity contribution in [2.45, 2.75) is 59.7 Å². The Bertz CT molecular complexity index is 320. The Kier molecular flexibility index (Phi) is 13.4. The van der Waals surface area contributed by atoms with Crippen LogP contribution in [0.4, 0.5) is 4.39 Å². The summed E-state index contributed by atoms with van der Waals surface area (Å²) in [6, 6.07) is 0.481. The molecule has 5 nitrogen and oxygen atoms in total. The Balaban J connectivity index is 3.33. The number of ether oxygens (including phenoxy) is 2. The Morgan fingerprint density at radius 3 is 2.21 bits per heavy atom. The smallest absolute Gasteiger partial charge is 0.138 e. The number of rotatable bonds is 15. The SMILES string of the molecule is CC(C)NCCOCCNCCOCC(F)CCC(=O)C(C)(C)C. The van der Waals surface area contributed by atoms with Gasteiger partial charge in [0.2, 0.25) is 0 Å². The van der Waals surface area contributed by atoms with Crippen LogP contribution in [0.3, 0.4) is 0 Å². The summed E-state index contributed by atoms with van der Waals surface area (Å²) in [5, 5.41) is 6.46. The lowest BCUT2D eigenvalue weighted by Gasteiger charge is -2.17. The zero-order valence-corrected chi connectivity index (χ0v) is 16.1. The van der Waals surface area contributed by atoms with Crippen molar-refractivity contribution in [2.24, 2.45) is 5.41 Å². The number of alkyl halides is 1. The van der Waals surface area contributed by atoms with Crippen LogP contribution in [0.1, 0.15) is 47.5 Å². The second kappa shape index (κ2) is 13.7. The monoisotopic (exact) mass is 348 g/mol. The summed E-state index contributed by atoms with van der Waals surface area (Å²) in [7, 11) is 0. The second-order valence-electron chi connectivity index (χ2n) is 7.36. The predicted molar refractivity (Wildman–Crippen MR) is 96.2 cm³/mol. The van der Waals surface area contributed by atoms with Gasteiger partial charge in [0.15, 0.2) is 0 Å². The van der Waals surface area contributed by atoms with E-state index in [2.05, 4.69) is 24.5 Å². The quantitative estimate of drug-likeness (QED) is 0.445. The first kappa shape index (κ1) is 23.4. The molecule has 0 aromatic heterocycles. The Morgan fingerprint density at radius 1 is 1.04 bits per heavy atom. The first-order valence-electron chi connectivity index (χ1n) is 9.00. The Hall–Kier alpha value is -0.560. The molecule has 0 radical (unpaired) electrons. The largest absolute Gasteiger partial charge is 0.379 e. The average Bonchev–Trinajstić information content (AvgIpc) is 2.48. The molecule has 0 aromatic carbocycles. The van der Waals surface area contributed by atoms with Crippen LogP contribution in [0, 0.1) is 5.41 Å². The van der Waals surface area contributed by atoms with Crippen LogP contribution in [0.5, 0.6) is 0 Å². The zero-order valence-electron chi connectivity index (χ0n) is 16.1. The Labute approximate surface area is 147 Å². The van der Waals surface area contributed by atoms with Crippen molar-refractivity contribution in [2.75, 3.05) is 46.1 Å². The highest BCUT2D eigenvalue weighted by Crippen LogP contribution is 2.18. The number of halogens is 1. The van der Waals surface area contributed by atoms with Crippen molar-refractivity contribution in [3.63, 3.8) is 0 Å². The minimum atomic E-state index is -1.08. The van der Waals surface area contributed by atoms with E-state index in [-0.39, 0.29) is 25.2 Å². The summed E-state index contributed by atoms with van der Waals surface area (Å²) >= 11 is 0. The first-order valence-corrected chi connectivity index (χ1v) is 9.00. The maximum absolute atomic E-state index is 13.6. The lowest BCUT2D eigenvalue weighted by molar-refractivity contribution is -0.126. The standard InChI is InChI=1S/C18H37FN2O3/c1-15(2)21-10-13-23-11-8-20-9-12-24-14-16(19)6-7-17(22)18(3,4)5/h15-16,20-21H,6-14H2,1-5H3. The predicted octanol–water partition coefficient (Wildman–Crippen LogP) is 2.34. The second-order valence-corrected chi connectivity index (χ2v) is 7.36. The number of carbonyl (C=O) groups is 1. The van der Waals surface area contributed by atoms with Crippen LogP contribution in [0.15, 0.2) is 0 Å². The molecule has 144 valence electrons. The highest BCUT2D eigenvalue weighted by atomic mass is 19.1. The minimum absolute atomic E-state index is 0.0521. The van der Waals surface area contributed by atoms with E-state index in [0.717, 1.165) is 13.1 Å². The molecule has 0 saturated carbocycles. The molecule has 6 heteroatoms. The van der Waals surface area contributed by atoms with Crippen molar-refractivity contribution in [1.29, 1.82) is 0 Å². The number of hydrogen-bond acceptors (Lipinski definition) is 5. The third kappa shape index (κ3) is 15.0. The molecule has 0 aromatic rings. The molecular formula is C18H37FN2O3. The van der Waals surface area contributed by atoms with Gasteiger partial charge in [-0.25, -0.2) is 4.39 Å². The van der Waals surface area contributed by atoms with E-state index in [4.69, 9.17) is 9.47 Å². The molecule has 0 saturated heterocycles. The molecule has 0 aliphatic carbocycles. The molecule has 1 unspecified atom stereocenters. The molecule has 1 atom stereocenters. The van der Waals surface area contributed by atoms with Crippen molar-refractivity contribution in [3.05, 3.63) is 0 Å². The molecule has 0 aliphatic heterocycles. The molecule has 0 rings (SSSR count). The summed E-state index contributed by atoms with van der Waals surface area (Å²) in [6.07, 6.45) is -0.565. The van der Waals surface area contributed by atoms with Crippen LogP contribution in [-0.2, 0) is 14.3 Å². The van der Waals surface area contributed by atoms with Gasteiger partial charge in [-0.3, -0.25) is 4.79 Å². The summed E-state index contributed by atoms with van der Waals surface area (Å²) in [6.45, 7) is 13.9. The van der Waals surface area contributed by atoms with E-state index in [0.29, 0.717) is 32.4 Å². The van der Waals surface area contributed by atoms with Crippen molar-refractivity contribution >= 4 is 5.78 Å². The first-order chi connectivity index (χ1) is 11.2. The van der Waals surface area contributed by atoms with E-state index >= 15 is 0 Å². The molecule has 24 heavy (non-hydrogen) atoms. The topological polar surface area (TPSA) is 59.6 Å². The fourth-order valence-electron chi connectivity index (χ4n) is 1.89. The lowest BCUT2D eigenvalue weighted by atomic mass is 9.88. The van der Waals surface area contributed by atoms with Crippen LogP contribution < -0.4 is 10.6 Å². The van der Waals surface area contributed by atoms with Gasteiger partial charge in [0.25, 0.3) is 0 Å². The van der Waals surface area contributed by atoms with E-state index < -0.39 is 11.6 Å². The van der Waals surface area contributed by atoms with Crippen molar-refractivity contribution in [3.8, 4) is 0 Å². The maximum Gasteiger partial charge on any atom is 0.138 e. The highest BCUT2D eigenvalue weighted by molar-refractivity contribution is 5.83. The lowest BCUT2D eigenvalue weighted by Crippen LogP contribution is -2.29. The average molecular weight is 349 g/mol. The van der Waals surface area contributed by atoms with Gasteiger partial charge in [0, 0.05) is 37.5 Å². The highest BCUT2D eigenvalue weighted by Gasteiger charge is 2.21. The van der Waals surface area contributed by atoms with E-state index in [1.807, 2.05) is 20.8 Å². The number of Topliss-reactive ketones (excluding diaryl/α,β-unsaturated/α-hetero) is 1. The molecule has 0 spiro atoms. The summed E-state index contributed by atoms with van der Waals surface area (Å²) < 4.78 is 24.4. The number of nitrogens with one attached hydrogen (secondary N) is 2. The molecule has 0 fully saturated rings.